The van der Waals surface area contributed by atoms with Crippen molar-refractivity contribution in [2.24, 2.45) is 0 Å². The normalized spacial score (nSPS) is 11.5. The second kappa shape index (κ2) is 6.30. The van der Waals surface area contributed by atoms with Crippen molar-refractivity contribution in [3.8, 4) is 11.4 Å². The maximum absolute atomic E-state index is 4.86. The van der Waals surface area contributed by atoms with Crippen LogP contribution in [0.2, 0.25) is 0 Å². The Morgan fingerprint density at radius 1 is 0.857 bits per heavy atom. The standard InChI is InChI=1S/C23H21N5/c1-15-9-11-19(12-10-15)21-25-23-20-16(2)17(3)27(13-18-7-5-4-6-8-18)22(20)24-14-28(23)26-21/h4-12,14H,13H2,1-3H3. The van der Waals surface area contributed by atoms with Crippen molar-refractivity contribution < 1.29 is 0 Å². The van der Waals surface area contributed by atoms with Crippen LogP contribution in [0.4, 0.5) is 0 Å². The summed E-state index contributed by atoms with van der Waals surface area (Å²) in [6.07, 6.45) is 1.77. The highest BCUT2D eigenvalue weighted by atomic mass is 15.3. The summed E-state index contributed by atoms with van der Waals surface area (Å²) in [5, 5.41) is 5.73. The molecule has 0 atom stereocenters. The molecule has 3 aromatic heterocycles. The minimum absolute atomic E-state index is 0.724. The lowest BCUT2D eigenvalue weighted by Crippen LogP contribution is -2.03. The molecule has 0 unspecified atom stereocenters. The average Bonchev–Trinajstić information content (AvgIpc) is 3.24. The molecule has 0 amide bonds. The van der Waals surface area contributed by atoms with Crippen LogP contribution in [0.25, 0.3) is 28.1 Å². The van der Waals surface area contributed by atoms with Crippen LogP contribution < -0.4 is 0 Å². The first-order valence-electron chi connectivity index (χ1n) is 9.43. The maximum atomic E-state index is 4.86. The first-order chi connectivity index (χ1) is 13.6. The first kappa shape index (κ1) is 16.7. The predicted octanol–water partition coefficient (Wildman–Crippen LogP) is 4.72. The van der Waals surface area contributed by atoms with E-state index in [0.29, 0.717) is 0 Å². The van der Waals surface area contributed by atoms with Gasteiger partial charge in [0.15, 0.2) is 11.5 Å². The molecule has 2 aromatic carbocycles. The third-order valence-electron chi connectivity index (χ3n) is 5.44. The van der Waals surface area contributed by atoms with E-state index in [1.807, 2.05) is 6.07 Å². The van der Waals surface area contributed by atoms with E-state index in [0.717, 1.165) is 34.6 Å². The van der Waals surface area contributed by atoms with Crippen LogP contribution in [0.1, 0.15) is 22.4 Å². The second-order valence-corrected chi connectivity index (χ2v) is 7.29. The number of benzene rings is 2. The van der Waals surface area contributed by atoms with Gasteiger partial charge in [-0.1, -0.05) is 60.2 Å². The second-order valence-electron chi connectivity index (χ2n) is 7.29. The van der Waals surface area contributed by atoms with Crippen molar-refractivity contribution in [1.82, 2.24) is 24.1 Å². The van der Waals surface area contributed by atoms with E-state index in [1.54, 1.807) is 10.8 Å². The molecule has 28 heavy (non-hydrogen) atoms. The van der Waals surface area contributed by atoms with E-state index in [9.17, 15) is 0 Å². The predicted molar refractivity (Wildman–Crippen MR) is 111 cm³/mol. The van der Waals surface area contributed by atoms with Gasteiger partial charge in [-0.25, -0.2) is 14.5 Å². The van der Waals surface area contributed by atoms with Crippen molar-refractivity contribution in [3.05, 3.63) is 83.3 Å². The van der Waals surface area contributed by atoms with Crippen LogP contribution in [0, 0.1) is 20.8 Å². The van der Waals surface area contributed by atoms with Gasteiger partial charge in [-0.05, 0) is 31.9 Å². The SMILES string of the molecule is Cc1ccc(-c2nc3c4c(C)c(C)n(Cc5ccccc5)c4ncn3n2)cc1. The number of hydrogen-bond acceptors (Lipinski definition) is 3. The monoisotopic (exact) mass is 367 g/mol. The van der Waals surface area contributed by atoms with Crippen LogP contribution >= 0.6 is 0 Å². The van der Waals surface area contributed by atoms with Gasteiger partial charge in [0.1, 0.15) is 12.0 Å². The lowest BCUT2D eigenvalue weighted by Gasteiger charge is -2.07. The Morgan fingerprint density at radius 3 is 2.36 bits per heavy atom. The summed E-state index contributed by atoms with van der Waals surface area (Å²) in [6, 6.07) is 18.8. The summed E-state index contributed by atoms with van der Waals surface area (Å²) in [6.45, 7) is 7.16. The zero-order chi connectivity index (χ0) is 19.3. The number of aromatic nitrogens is 5. The number of fused-ring (bicyclic) bond motifs is 3. The number of hydrogen-bond donors (Lipinski definition) is 0. The molecule has 0 aliphatic carbocycles. The Labute approximate surface area is 163 Å². The van der Waals surface area contributed by atoms with Gasteiger partial charge < -0.3 is 4.57 Å². The minimum Gasteiger partial charge on any atom is -0.325 e. The van der Waals surface area contributed by atoms with Crippen molar-refractivity contribution in [1.29, 1.82) is 0 Å². The molecule has 0 spiro atoms. The van der Waals surface area contributed by atoms with Gasteiger partial charge in [0.25, 0.3) is 0 Å². The molecule has 138 valence electrons. The zero-order valence-electron chi connectivity index (χ0n) is 16.2. The fraction of sp³-hybridized carbons (Fsp3) is 0.174. The van der Waals surface area contributed by atoms with Gasteiger partial charge in [0.2, 0.25) is 0 Å². The van der Waals surface area contributed by atoms with Gasteiger partial charge >= 0.3 is 0 Å². The molecule has 0 N–H and O–H groups in total. The molecular weight excluding hydrogens is 346 g/mol. The molecule has 0 fully saturated rings. The van der Waals surface area contributed by atoms with Crippen molar-refractivity contribution in [2.75, 3.05) is 0 Å². The summed E-state index contributed by atoms with van der Waals surface area (Å²) in [5.74, 6) is 0.724. The fourth-order valence-corrected chi connectivity index (χ4v) is 3.71. The van der Waals surface area contributed by atoms with Crippen molar-refractivity contribution in [2.45, 2.75) is 27.3 Å². The summed E-state index contributed by atoms with van der Waals surface area (Å²) < 4.78 is 4.05. The third kappa shape index (κ3) is 2.59. The lowest BCUT2D eigenvalue weighted by molar-refractivity contribution is 0.787. The largest absolute Gasteiger partial charge is 0.325 e. The van der Waals surface area contributed by atoms with E-state index in [1.165, 1.54) is 22.4 Å². The molecule has 5 nitrogen and oxygen atoms in total. The van der Waals surface area contributed by atoms with Gasteiger partial charge in [0.05, 0.1) is 5.39 Å². The Kier molecular flexibility index (Phi) is 3.76. The number of aryl methyl sites for hydroxylation is 2. The van der Waals surface area contributed by atoms with E-state index < -0.39 is 0 Å². The van der Waals surface area contributed by atoms with Crippen LogP contribution in [-0.4, -0.2) is 24.1 Å². The zero-order valence-corrected chi connectivity index (χ0v) is 16.2. The maximum Gasteiger partial charge on any atom is 0.182 e. The Balaban J connectivity index is 1.70. The lowest BCUT2D eigenvalue weighted by atomic mass is 10.1. The third-order valence-corrected chi connectivity index (χ3v) is 5.44. The number of nitrogens with zero attached hydrogens (tertiary/aromatic N) is 5. The van der Waals surface area contributed by atoms with Crippen LogP contribution in [-0.2, 0) is 6.54 Å². The molecule has 0 aliphatic rings. The van der Waals surface area contributed by atoms with E-state index in [4.69, 9.17) is 9.97 Å². The quantitative estimate of drug-likeness (QED) is 0.464. The van der Waals surface area contributed by atoms with E-state index >= 15 is 0 Å². The Bertz CT molecular complexity index is 1290. The Morgan fingerprint density at radius 2 is 1.61 bits per heavy atom. The van der Waals surface area contributed by atoms with E-state index in [-0.39, 0.29) is 0 Å². The molecule has 5 heteroatoms. The topological polar surface area (TPSA) is 48.0 Å². The summed E-state index contributed by atoms with van der Waals surface area (Å²) in [5.41, 5.74) is 7.71. The Hall–Kier alpha value is -3.47. The highest BCUT2D eigenvalue weighted by Crippen LogP contribution is 2.28. The summed E-state index contributed by atoms with van der Waals surface area (Å²) in [4.78, 5) is 9.59. The molecule has 5 rings (SSSR count). The average molecular weight is 367 g/mol. The smallest absolute Gasteiger partial charge is 0.182 e. The van der Waals surface area contributed by atoms with Gasteiger partial charge in [0, 0.05) is 17.8 Å². The van der Waals surface area contributed by atoms with Gasteiger partial charge in [-0.15, -0.1) is 5.10 Å². The molecule has 0 saturated carbocycles. The molecular formula is C23H21N5. The van der Waals surface area contributed by atoms with Gasteiger partial charge in [-0.2, -0.15) is 0 Å². The molecule has 0 saturated heterocycles. The molecule has 0 aliphatic heterocycles. The molecule has 5 aromatic rings. The highest BCUT2D eigenvalue weighted by Gasteiger charge is 2.18. The van der Waals surface area contributed by atoms with Crippen molar-refractivity contribution in [3.63, 3.8) is 0 Å². The van der Waals surface area contributed by atoms with E-state index in [2.05, 4.69) is 79.0 Å². The first-order valence-corrected chi connectivity index (χ1v) is 9.43. The van der Waals surface area contributed by atoms with Crippen molar-refractivity contribution >= 4 is 16.7 Å². The highest BCUT2D eigenvalue weighted by molar-refractivity contribution is 5.94. The van der Waals surface area contributed by atoms with Gasteiger partial charge in [-0.3, -0.25) is 0 Å². The molecule has 0 radical (unpaired) electrons. The summed E-state index contributed by atoms with van der Waals surface area (Å²) >= 11 is 0. The van der Waals surface area contributed by atoms with Crippen LogP contribution in [0.5, 0.6) is 0 Å². The molecule has 0 bridgehead atoms. The van der Waals surface area contributed by atoms with Crippen LogP contribution in [0.3, 0.4) is 0 Å². The fourth-order valence-electron chi connectivity index (χ4n) is 3.71. The number of rotatable bonds is 3. The van der Waals surface area contributed by atoms with Crippen LogP contribution in [0.15, 0.2) is 60.9 Å². The minimum atomic E-state index is 0.724. The molecule has 3 heterocycles. The summed E-state index contributed by atoms with van der Waals surface area (Å²) in [7, 11) is 0.